The summed E-state index contributed by atoms with van der Waals surface area (Å²) < 4.78 is 0. The van der Waals surface area contributed by atoms with Crippen LogP contribution in [0.4, 0.5) is 0 Å². The summed E-state index contributed by atoms with van der Waals surface area (Å²) in [7, 11) is 1.89. The predicted molar refractivity (Wildman–Crippen MR) is 137 cm³/mol. The van der Waals surface area contributed by atoms with Gasteiger partial charge in [-0.25, -0.2) is 0 Å². The zero-order valence-corrected chi connectivity index (χ0v) is 22.5. The second-order valence-corrected chi connectivity index (χ2v) is 13.1. The highest BCUT2D eigenvalue weighted by atomic mass is 16.3. The average Bonchev–Trinajstić information content (AvgIpc) is 3.11. The molecular weight excluding hydrogens is 422 g/mol. The third-order valence-electron chi connectivity index (χ3n) is 11.4. The van der Waals surface area contributed by atoms with Crippen LogP contribution >= 0.6 is 0 Å². The summed E-state index contributed by atoms with van der Waals surface area (Å²) in [5.74, 6) is 4.23. The van der Waals surface area contributed by atoms with E-state index in [-0.39, 0.29) is 17.4 Å². The van der Waals surface area contributed by atoms with Crippen molar-refractivity contribution in [2.45, 2.75) is 123 Å². The molecule has 4 aliphatic rings. The van der Waals surface area contributed by atoms with Crippen LogP contribution in [0, 0.1) is 40.4 Å². The molecule has 0 aliphatic heterocycles. The van der Waals surface area contributed by atoms with E-state index < -0.39 is 0 Å². The van der Waals surface area contributed by atoms with Gasteiger partial charge in [0.1, 0.15) is 5.78 Å². The minimum atomic E-state index is -0.127. The number of fused-ring (bicyclic) bond motifs is 5. The van der Waals surface area contributed by atoms with Crippen molar-refractivity contribution in [1.82, 2.24) is 4.90 Å². The van der Waals surface area contributed by atoms with Gasteiger partial charge in [-0.05, 0) is 92.3 Å². The average molecular weight is 474 g/mol. The lowest BCUT2D eigenvalue weighted by atomic mass is 9.42. The number of carbonyl (C=O) groups is 2. The van der Waals surface area contributed by atoms with E-state index in [0.717, 1.165) is 56.9 Å². The molecule has 34 heavy (non-hydrogen) atoms. The summed E-state index contributed by atoms with van der Waals surface area (Å²) in [6.45, 7) is 7.78. The Morgan fingerprint density at radius 3 is 2.53 bits per heavy atom. The van der Waals surface area contributed by atoms with E-state index in [1.54, 1.807) is 0 Å². The molecule has 4 saturated carbocycles. The van der Waals surface area contributed by atoms with Gasteiger partial charge in [0.15, 0.2) is 0 Å². The number of ketones is 1. The van der Waals surface area contributed by atoms with Crippen molar-refractivity contribution in [1.29, 1.82) is 0 Å². The molecule has 4 aliphatic carbocycles. The van der Waals surface area contributed by atoms with Crippen molar-refractivity contribution in [3.63, 3.8) is 0 Å². The molecule has 0 aromatic rings. The first-order valence-electron chi connectivity index (χ1n) is 14.6. The van der Waals surface area contributed by atoms with Gasteiger partial charge in [-0.3, -0.25) is 9.59 Å². The first-order chi connectivity index (χ1) is 16.2. The second kappa shape index (κ2) is 10.6. The maximum atomic E-state index is 12.3. The van der Waals surface area contributed by atoms with E-state index in [1.807, 2.05) is 18.9 Å². The van der Waals surface area contributed by atoms with Gasteiger partial charge < -0.3 is 10.0 Å². The van der Waals surface area contributed by atoms with Crippen molar-refractivity contribution in [2.75, 3.05) is 13.6 Å². The van der Waals surface area contributed by atoms with Gasteiger partial charge in [0, 0.05) is 32.9 Å². The molecule has 194 valence electrons. The fraction of sp³-hybridized carbons (Fsp3) is 0.933. The Bertz CT molecular complexity index is 737. The van der Waals surface area contributed by atoms with Gasteiger partial charge in [-0.1, -0.05) is 46.0 Å². The van der Waals surface area contributed by atoms with Crippen LogP contribution in [0.1, 0.15) is 117 Å². The Hall–Kier alpha value is -0.900. The number of unbranched alkanes of at least 4 members (excludes halogenated alkanes) is 4. The van der Waals surface area contributed by atoms with Gasteiger partial charge in [-0.15, -0.1) is 0 Å². The Balaban J connectivity index is 1.37. The Labute approximate surface area is 208 Å². The molecular formula is C30H51NO3. The zero-order valence-electron chi connectivity index (χ0n) is 22.5. The topological polar surface area (TPSA) is 57.6 Å². The third kappa shape index (κ3) is 4.87. The molecule has 4 nitrogen and oxygen atoms in total. The Morgan fingerprint density at radius 1 is 1.03 bits per heavy atom. The predicted octanol–water partition coefficient (Wildman–Crippen LogP) is 6.39. The number of amides is 1. The zero-order chi connectivity index (χ0) is 24.5. The van der Waals surface area contributed by atoms with Crippen LogP contribution in [0.3, 0.4) is 0 Å². The molecule has 0 radical (unpaired) electrons. The number of aliphatic hydroxyl groups is 1. The van der Waals surface area contributed by atoms with E-state index in [1.165, 1.54) is 51.4 Å². The molecule has 0 spiro atoms. The molecule has 0 bridgehead atoms. The van der Waals surface area contributed by atoms with Crippen molar-refractivity contribution >= 4 is 11.7 Å². The van der Waals surface area contributed by atoms with Crippen LogP contribution in [-0.2, 0) is 9.59 Å². The lowest BCUT2D eigenvalue weighted by Crippen LogP contribution is -2.57. The highest BCUT2D eigenvalue weighted by Gasteiger charge is 2.62. The first-order valence-corrected chi connectivity index (χ1v) is 14.6. The summed E-state index contributed by atoms with van der Waals surface area (Å²) in [5.41, 5.74) is 0.424. The molecule has 1 N–H and O–H groups in total. The van der Waals surface area contributed by atoms with Gasteiger partial charge in [0.25, 0.3) is 0 Å². The van der Waals surface area contributed by atoms with Crippen molar-refractivity contribution in [3.05, 3.63) is 0 Å². The van der Waals surface area contributed by atoms with Crippen molar-refractivity contribution < 1.29 is 14.7 Å². The van der Waals surface area contributed by atoms with E-state index in [0.29, 0.717) is 35.4 Å². The quantitative estimate of drug-likeness (QED) is 0.395. The summed E-state index contributed by atoms with van der Waals surface area (Å²) in [6, 6.07) is 0. The number of aliphatic hydroxyl groups excluding tert-OH is 1. The highest BCUT2D eigenvalue weighted by molar-refractivity contribution is 5.79. The maximum absolute atomic E-state index is 12.3. The monoisotopic (exact) mass is 473 g/mol. The first kappa shape index (κ1) is 26.2. The Kier molecular flexibility index (Phi) is 8.17. The summed E-state index contributed by atoms with van der Waals surface area (Å²) in [6.07, 6.45) is 16.4. The van der Waals surface area contributed by atoms with Crippen LogP contribution in [0.5, 0.6) is 0 Å². The SMILES string of the molecule is CCN(C)C(=O)CCCCCCC[C@H]1C[C@]2(C)[C@@H](O)CC[C@H]2[C@@H]2CC[C@H]3CC(=O)CC[C@]3(C)[C@@H]12. The number of carbonyl (C=O) groups excluding carboxylic acids is 2. The smallest absolute Gasteiger partial charge is 0.222 e. The molecule has 8 atom stereocenters. The number of nitrogens with zero attached hydrogens (tertiary/aromatic N) is 1. The molecule has 0 heterocycles. The lowest BCUT2D eigenvalue weighted by Gasteiger charge is -2.62. The summed E-state index contributed by atoms with van der Waals surface area (Å²) in [5, 5.41) is 11.0. The Morgan fingerprint density at radius 2 is 1.76 bits per heavy atom. The van der Waals surface area contributed by atoms with Crippen molar-refractivity contribution in [2.24, 2.45) is 40.4 Å². The largest absolute Gasteiger partial charge is 0.393 e. The van der Waals surface area contributed by atoms with Crippen molar-refractivity contribution in [3.8, 4) is 0 Å². The molecule has 4 heteroatoms. The van der Waals surface area contributed by atoms with Gasteiger partial charge >= 0.3 is 0 Å². The molecule has 1 amide bonds. The normalized spacial score (nSPS) is 41.5. The van der Waals surface area contributed by atoms with Gasteiger partial charge in [0.2, 0.25) is 5.91 Å². The van der Waals surface area contributed by atoms with Crippen LogP contribution in [0.2, 0.25) is 0 Å². The van der Waals surface area contributed by atoms with Gasteiger partial charge in [-0.2, -0.15) is 0 Å². The van der Waals surface area contributed by atoms with E-state index in [4.69, 9.17) is 0 Å². The minimum absolute atomic E-state index is 0.102. The number of hydrogen-bond donors (Lipinski definition) is 1. The molecule has 0 aromatic heterocycles. The van der Waals surface area contributed by atoms with Crippen LogP contribution in [-0.4, -0.2) is 41.4 Å². The van der Waals surface area contributed by atoms with E-state index >= 15 is 0 Å². The number of rotatable bonds is 9. The van der Waals surface area contributed by atoms with E-state index in [2.05, 4.69) is 13.8 Å². The number of hydrogen-bond acceptors (Lipinski definition) is 3. The summed E-state index contributed by atoms with van der Waals surface area (Å²) in [4.78, 5) is 26.1. The number of Topliss-reactive ketones (excluding diaryl/α,β-unsaturated/α-hetero) is 1. The van der Waals surface area contributed by atoms with Crippen LogP contribution in [0.25, 0.3) is 0 Å². The van der Waals surface area contributed by atoms with Crippen LogP contribution < -0.4 is 0 Å². The second-order valence-electron chi connectivity index (χ2n) is 13.1. The molecule has 0 saturated heterocycles. The minimum Gasteiger partial charge on any atom is -0.393 e. The molecule has 4 fully saturated rings. The van der Waals surface area contributed by atoms with Crippen LogP contribution in [0.15, 0.2) is 0 Å². The highest BCUT2D eigenvalue weighted by Crippen LogP contribution is 2.68. The summed E-state index contributed by atoms with van der Waals surface area (Å²) >= 11 is 0. The molecule has 0 unspecified atom stereocenters. The maximum Gasteiger partial charge on any atom is 0.222 e. The third-order valence-corrected chi connectivity index (χ3v) is 11.4. The molecule has 4 rings (SSSR count). The fourth-order valence-electron chi connectivity index (χ4n) is 9.28. The van der Waals surface area contributed by atoms with E-state index in [9.17, 15) is 14.7 Å². The van der Waals surface area contributed by atoms with Gasteiger partial charge in [0.05, 0.1) is 6.10 Å². The molecule has 0 aromatic carbocycles. The standard InChI is InChI=1S/C30H51NO3/c1-5-31(4)27(34)12-10-8-6-7-9-11-21-20-30(3)25(15-16-26(30)33)24-14-13-22-19-23(32)17-18-29(22,2)28(21)24/h21-22,24-26,28,33H,5-20H2,1-4H3/t21-,22-,24-,25-,26-,28-,29-,30-/m0/s1. The fourth-order valence-corrected chi connectivity index (χ4v) is 9.28. The lowest BCUT2D eigenvalue weighted by molar-refractivity contribution is -0.159.